The van der Waals surface area contributed by atoms with Gasteiger partial charge in [-0.05, 0) is 30.2 Å². The summed E-state index contributed by atoms with van der Waals surface area (Å²) in [6.45, 7) is 8.37. The number of anilines is 1. The molecule has 0 bridgehead atoms. The average Bonchev–Trinajstić information content (AvgIpc) is 3.20. The van der Waals surface area contributed by atoms with Crippen LogP contribution in [0.5, 0.6) is 5.75 Å². The summed E-state index contributed by atoms with van der Waals surface area (Å²) in [6.07, 6.45) is 2.76. The third kappa shape index (κ3) is 2.57. The molecular weight excluding hydrogens is 236 g/mol. The Balaban J connectivity index is 1.61. The predicted molar refractivity (Wildman–Crippen MR) is 78.6 cm³/mol. The van der Waals surface area contributed by atoms with Crippen molar-refractivity contribution in [2.45, 2.75) is 33.2 Å². The lowest BCUT2D eigenvalue weighted by Gasteiger charge is -2.23. The van der Waals surface area contributed by atoms with E-state index in [1.54, 1.807) is 0 Å². The van der Waals surface area contributed by atoms with Crippen molar-refractivity contribution in [2.24, 2.45) is 11.3 Å². The van der Waals surface area contributed by atoms with Gasteiger partial charge in [0.1, 0.15) is 12.4 Å². The van der Waals surface area contributed by atoms with Crippen LogP contribution in [-0.4, -0.2) is 19.7 Å². The topological polar surface area (TPSA) is 33.3 Å². The third-order valence-electron chi connectivity index (χ3n) is 4.67. The minimum Gasteiger partial charge on any atom is -0.489 e. The maximum atomic E-state index is 5.80. The van der Waals surface area contributed by atoms with Crippen molar-refractivity contribution < 1.29 is 4.74 Å². The van der Waals surface area contributed by atoms with Crippen molar-refractivity contribution in [1.82, 2.24) is 5.32 Å². The minimum atomic E-state index is 0.563. The largest absolute Gasteiger partial charge is 0.489 e. The zero-order chi connectivity index (χ0) is 13.3. The lowest BCUT2D eigenvalue weighted by atomic mass is 9.92. The molecule has 1 heterocycles. The molecule has 1 aliphatic heterocycles. The van der Waals surface area contributed by atoms with E-state index in [9.17, 15) is 0 Å². The molecule has 104 valence electrons. The Morgan fingerprint density at radius 2 is 2.21 bits per heavy atom. The molecule has 3 heteroatoms. The Labute approximate surface area is 115 Å². The van der Waals surface area contributed by atoms with E-state index in [1.807, 2.05) is 0 Å². The molecule has 0 radical (unpaired) electrons. The van der Waals surface area contributed by atoms with Crippen LogP contribution in [0.2, 0.25) is 0 Å². The molecule has 0 aromatic heterocycles. The van der Waals surface area contributed by atoms with Crippen LogP contribution < -0.4 is 15.4 Å². The summed E-state index contributed by atoms with van der Waals surface area (Å²) in [5, 5.41) is 7.02. The summed E-state index contributed by atoms with van der Waals surface area (Å²) in [7, 11) is 0. The molecule has 0 atom stereocenters. The predicted octanol–water partition coefficient (Wildman–Crippen LogP) is 3.02. The van der Waals surface area contributed by atoms with Gasteiger partial charge in [0.25, 0.3) is 0 Å². The molecule has 1 aromatic carbocycles. The summed E-state index contributed by atoms with van der Waals surface area (Å²) < 4.78 is 5.80. The highest BCUT2D eigenvalue weighted by molar-refractivity contribution is 5.61. The summed E-state index contributed by atoms with van der Waals surface area (Å²) in [5.41, 5.74) is 2.97. The van der Waals surface area contributed by atoms with Crippen LogP contribution in [0.25, 0.3) is 0 Å². The van der Waals surface area contributed by atoms with Gasteiger partial charge in [-0.2, -0.15) is 0 Å². The zero-order valence-corrected chi connectivity index (χ0v) is 12.0. The van der Waals surface area contributed by atoms with Crippen LogP contribution in [0.4, 0.5) is 5.69 Å². The van der Waals surface area contributed by atoms with Crippen LogP contribution in [0, 0.1) is 11.3 Å². The lowest BCUT2D eigenvalue weighted by Crippen LogP contribution is -2.28. The molecule has 2 aliphatic rings. The number of ether oxygens (including phenoxy) is 1. The smallest absolute Gasteiger partial charge is 0.146 e. The van der Waals surface area contributed by atoms with Crippen molar-refractivity contribution in [2.75, 3.05) is 25.0 Å². The Morgan fingerprint density at radius 1 is 1.37 bits per heavy atom. The molecule has 0 spiro atoms. The Bertz CT molecular complexity index is 452. The van der Waals surface area contributed by atoms with Crippen molar-refractivity contribution in [1.29, 1.82) is 0 Å². The number of rotatable bonds is 5. The molecule has 19 heavy (non-hydrogen) atoms. The van der Waals surface area contributed by atoms with Crippen molar-refractivity contribution in [3.63, 3.8) is 0 Å². The zero-order valence-electron chi connectivity index (χ0n) is 12.0. The molecule has 0 saturated heterocycles. The van der Waals surface area contributed by atoms with Gasteiger partial charge in [0.15, 0.2) is 0 Å². The van der Waals surface area contributed by atoms with Gasteiger partial charge < -0.3 is 15.4 Å². The van der Waals surface area contributed by atoms with E-state index in [4.69, 9.17) is 4.74 Å². The molecule has 1 fully saturated rings. The monoisotopic (exact) mass is 260 g/mol. The maximum absolute atomic E-state index is 5.80. The third-order valence-corrected chi connectivity index (χ3v) is 4.67. The van der Waals surface area contributed by atoms with Gasteiger partial charge in [-0.1, -0.05) is 26.0 Å². The summed E-state index contributed by atoms with van der Waals surface area (Å²) in [5.74, 6) is 1.82. The van der Waals surface area contributed by atoms with Gasteiger partial charge >= 0.3 is 0 Å². The van der Waals surface area contributed by atoms with E-state index in [0.29, 0.717) is 5.41 Å². The number of fused-ring (bicyclic) bond motifs is 1. The fourth-order valence-electron chi connectivity index (χ4n) is 2.94. The Hall–Kier alpha value is -1.22. The molecule has 3 rings (SSSR count). The normalized spacial score (nSPS) is 19.5. The SMILES string of the molecule is CC(C)C1(CNCc2cccc3c2OCCN3)CC1. The quantitative estimate of drug-likeness (QED) is 0.854. The molecule has 1 aliphatic carbocycles. The first-order chi connectivity index (χ1) is 9.21. The first-order valence-electron chi connectivity index (χ1n) is 7.41. The second kappa shape index (κ2) is 5.04. The summed E-state index contributed by atoms with van der Waals surface area (Å²) >= 11 is 0. The Kier molecular flexibility index (Phi) is 3.40. The van der Waals surface area contributed by atoms with Crippen molar-refractivity contribution in [3.8, 4) is 5.75 Å². The van der Waals surface area contributed by atoms with Crippen LogP contribution in [0.3, 0.4) is 0 Å². The molecule has 2 N–H and O–H groups in total. The maximum Gasteiger partial charge on any atom is 0.146 e. The lowest BCUT2D eigenvalue weighted by molar-refractivity contribution is 0.314. The number of para-hydroxylation sites is 1. The van der Waals surface area contributed by atoms with Gasteiger partial charge in [0, 0.05) is 25.2 Å². The van der Waals surface area contributed by atoms with E-state index >= 15 is 0 Å². The molecule has 1 aromatic rings. The second-order valence-electron chi connectivity index (χ2n) is 6.19. The van der Waals surface area contributed by atoms with E-state index < -0.39 is 0 Å². The van der Waals surface area contributed by atoms with E-state index in [2.05, 4.69) is 42.7 Å². The highest BCUT2D eigenvalue weighted by Gasteiger charge is 2.44. The van der Waals surface area contributed by atoms with Crippen LogP contribution >= 0.6 is 0 Å². The van der Waals surface area contributed by atoms with Gasteiger partial charge in [0.05, 0.1) is 5.69 Å². The standard InChI is InChI=1S/C16H24N2O/c1-12(2)16(6-7-16)11-17-10-13-4-3-5-14-15(13)19-9-8-18-14/h3-5,12,17-18H,6-11H2,1-2H3. The van der Waals surface area contributed by atoms with Crippen molar-refractivity contribution >= 4 is 5.69 Å². The summed E-state index contributed by atoms with van der Waals surface area (Å²) in [6, 6.07) is 6.36. The molecule has 3 nitrogen and oxygen atoms in total. The average molecular weight is 260 g/mol. The van der Waals surface area contributed by atoms with Crippen LogP contribution in [0.15, 0.2) is 18.2 Å². The summed E-state index contributed by atoms with van der Waals surface area (Å²) in [4.78, 5) is 0. The van der Waals surface area contributed by atoms with Crippen LogP contribution in [0.1, 0.15) is 32.3 Å². The molecule has 0 amide bonds. The highest BCUT2D eigenvalue weighted by atomic mass is 16.5. The number of benzene rings is 1. The highest BCUT2D eigenvalue weighted by Crippen LogP contribution is 2.51. The van der Waals surface area contributed by atoms with E-state index in [-0.39, 0.29) is 0 Å². The van der Waals surface area contributed by atoms with Gasteiger partial charge in [-0.15, -0.1) is 0 Å². The first kappa shape index (κ1) is 12.8. The fraction of sp³-hybridized carbons (Fsp3) is 0.625. The number of hydrogen-bond acceptors (Lipinski definition) is 3. The molecular formula is C16H24N2O. The van der Waals surface area contributed by atoms with Crippen molar-refractivity contribution in [3.05, 3.63) is 23.8 Å². The van der Waals surface area contributed by atoms with Gasteiger partial charge in [-0.25, -0.2) is 0 Å². The Morgan fingerprint density at radius 3 is 2.95 bits per heavy atom. The fourth-order valence-corrected chi connectivity index (χ4v) is 2.94. The number of hydrogen-bond donors (Lipinski definition) is 2. The molecule has 1 saturated carbocycles. The number of nitrogens with one attached hydrogen (secondary N) is 2. The minimum absolute atomic E-state index is 0.563. The van der Waals surface area contributed by atoms with E-state index in [1.165, 1.54) is 18.4 Å². The van der Waals surface area contributed by atoms with Gasteiger partial charge in [-0.3, -0.25) is 0 Å². The van der Waals surface area contributed by atoms with Gasteiger partial charge in [0.2, 0.25) is 0 Å². The van der Waals surface area contributed by atoms with E-state index in [0.717, 1.165) is 43.6 Å². The second-order valence-corrected chi connectivity index (χ2v) is 6.19. The first-order valence-corrected chi connectivity index (χ1v) is 7.41. The van der Waals surface area contributed by atoms with Crippen LogP contribution in [-0.2, 0) is 6.54 Å². The molecule has 0 unspecified atom stereocenters.